The van der Waals surface area contributed by atoms with Crippen LogP contribution in [-0.4, -0.2) is 84.1 Å². The zero-order chi connectivity index (χ0) is 34.6. The number of amides is 2. The molecule has 0 bridgehead atoms. The first-order chi connectivity index (χ1) is 21.9. The van der Waals surface area contributed by atoms with E-state index >= 15 is 0 Å². The first-order valence-electron chi connectivity index (χ1n) is 17.0. The molecule has 0 spiro atoms. The Bertz CT molecular complexity index is 1450. The number of carbonyl (C=O) groups excluding carboxylic acids is 2. The van der Waals surface area contributed by atoms with Gasteiger partial charge in [0, 0.05) is 41.2 Å². The van der Waals surface area contributed by atoms with Crippen LogP contribution in [-0.2, 0) is 32.4 Å². The van der Waals surface area contributed by atoms with Gasteiger partial charge >= 0.3 is 0 Å². The fourth-order valence-electron chi connectivity index (χ4n) is 7.06. The molecule has 2 aliphatic rings. The molecule has 9 nitrogen and oxygen atoms in total. The average molecular weight is 689 g/mol. The fourth-order valence-corrected chi connectivity index (χ4v) is 8.52. The van der Waals surface area contributed by atoms with Crippen molar-refractivity contribution in [2.45, 2.75) is 121 Å². The lowest BCUT2D eigenvalue weighted by Gasteiger charge is -2.47. The van der Waals surface area contributed by atoms with Gasteiger partial charge in [-0.1, -0.05) is 49.6 Å². The van der Waals surface area contributed by atoms with Crippen LogP contribution in [0.3, 0.4) is 0 Å². The second-order valence-electron chi connectivity index (χ2n) is 15.3. The van der Waals surface area contributed by atoms with Gasteiger partial charge in [-0.3, -0.25) is 19.8 Å². The second-order valence-corrected chi connectivity index (χ2v) is 19.3. The molecular weight excluding hydrogens is 633 g/mol. The minimum Gasteiger partial charge on any atom is -0.390 e. The van der Waals surface area contributed by atoms with Crippen molar-refractivity contribution in [3.63, 3.8) is 0 Å². The Morgan fingerprint density at radius 1 is 1.02 bits per heavy atom. The standard InChI is InChI=1S/C36H56N4O5S2/c1-24-17-18-28(46-24)21-37-32(36(5,6)47(7,44)45)34(43)38-29(19-25-13-9-8-10-14-25)31(41)23-40-22-27-16-12-11-15-26(27)20-30(40)33(42)39-35(2,3)4/h8-10,13-14,17-18,26-27,29-32,37,41H,11-12,15-16,19-23H2,1-7H3,(H,38,43)(H,39,42)/t26-,27?,29?,30-,31+,32+/m0/s1. The normalized spacial score (nSPS) is 22.9. The molecule has 1 aliphatic heterocycles. The number of aliphatic hydroxyl groups excluding tert-OH is 1. The summed E-state index contributed by atoms with van der Waals surface area (Å²) in [5, 5.41) is 21.4. The maximum atomic E-state index is 14.2. The van der Waals surface area contributed by atoms with Gasteiger partial charge in [0.25, 0.3) is 0 Å². The molecule has 1 aromatic heterocycles. The van der Waals surface area contributed by atoms with Gasteiger partial charge in [0.1, 0.15) is 6.04 Å². The van der Waals surface area contributed by atoms with E-state index < -0.39 is 38.7 Å². The topological polar surface area (TPSA) is 128 Å². The Morgan fingerprint density at radius 3 is 2.28 bits per heavy atom. The highest BCUT2D eigenvalue weighted by Gasteiger charge is 2.45. The van der Waals surface area contributed by atoms with Gasteiger partial charge in [0.05, 0.1) is 22.9 Å². The molecule has 1 aromatic carbocycles. The highest BCUT2D eigenvalue weighted by Crippen LogP contribution is 2.39. The summed E-state index contributed by atoms with van der Waals surface area (Å²) in [5.74, 6) is 0.453. The molecule has 1 aliphatic carbocycles. The van der Waals surface area contributed by atoms with Crippen molar-refractivity contribution in [3.8, 4) is 0 Å². The smallest absolute Gasteiger partial charge is 0.239 e. The van der Waals surface area contributed by atoms with Crippen LogP contribution in [0.5, 0.6) is 0 Å². The van der Waals surface area contributed by atoms with Crippen molar-refractivity contribution >= 4 is 33.0 Å². The van der Waals surface area contributed by atoms with Crippen LogP contribution in [0.25, 0.3) is 0 Å². The van der Waals surface area contributed by atoms with E-state index in [1.165, 1.54) is 12.8 Å². The van der Waals surface area contributed by atoms with E-state index in [1.54, 1.807) is 25.2 Å². The van der Waals surface area contributed by atoms with E-state index in [-0.39, 0.29) is 24.0 Å². The van der Waals surface area contributed by atoms with Gasteiger partial charge in [-0.25, -0.2) is 8.42 Å². The van der Waals surface area contributed by atoms with Crippen molar-refractivity contribution in [2.75, 3.05) is 19.3 Å². The van der Waals surface area contributed by atoms with Crippen LogP contribution in [0.2, 0.25) is 0 Å². The Kier molecular flexibility index (Phi) is 12.4. The highest BCUT2D eigenvalue weighted by molar-refractivity contribution is 7.92. The zero-order valence-corrected chi connectivity index (χ0v) is 30.8. The Hall–Kier alpha value is -2.31. The van der Waals surface area contributed by atoms with Gasteiger partial charge < -0.3 is 15.7 Å². The number of benzene rings is 1. The van der Waals surface area contributed by atoms with E-state index in [9.17, 15) is 23.1 Å². The number of nitrogens with one attached hydrogen (secondary N) is 3. The van der Waals surface area contributed by atoms with Crippen molar-refractivity contribution in [1.29, 1.82) is 0 Å². The van der Waals surface area contributed by atoms with Crippen LogP contribution in [0.4, 0.5) is 0 Å². The van der Waals surface area contributed by atoms with Crippen LogP contribution >= 0.6 is 11.3 Å². The zero-order valence-electron chi connectivity index (χ0n) is 29.2. The molecule has 2 unspecified atom stereocenters. The molecule has 2 heterocycles. The summed E-state index contributed by atoms with van der Waals surface area (Å²) < 4.78 is 24.6. The molecule has 4 N–H and O–H groups in total. The van der Waals surface area contributed by atoms with Crippen molar-refractivity contribution < 1.29 is 23.1 Å². The molecule has 1 saturated carbocycles. The first-order valence-corrected chi connectivity index (χ1v) is 19.7. The third-order valence-corrected chi connectivity index (χ3v) is 13.2. The number of thiophene rings is 1. The third kappa shape index (κ3) is 10.1. The molecule has 1 saturated heterocycles. The number of fused-ring (bicyclic) bond motifs is 1. The van der Waals surface area contributed by atoms with E-state index in [0.29, 0.717) is 24.8 Å². The summed E-state index contributed by atoms with van der Waals surface area (Å²) in [7, 11) is -3.66. The monoisotopic (exact) mass is 688 g/mol. The quantitative estimate of drug-likeness (QED) is 0.248. The molecule has 0 radical (unpaired) electrons. The largest absolute Gasteiger partial charge is 0.390 e. The average Bonchev–Trinajstić information content (AvgIpc) is 3.40. The predicted octanol–water partition coefficient (Wildman–Crippen LogP) is 4.22. The molecule has 6 atom stereocenters. The second kappa shape index (κ2) is 15.5. The SMILES string of the molecule is Cc1ccc(CN[C@H](C(=O)NC(Cc2ccccc2)[C@H](O)CN2CC3CCCC[C@H]3C[C@H]2C(=O)NC(C)(C)C)C(C)(C)S(C)(=O)=O)s1. The summed E-state index contributed by atoms with van der Waals surface area (Å²) >= 11 is 1.59. The number of nitrogens with zero attached hydrogens (tertiary/aromatic N) is 1. The Balaban J connectivity index is 1.60. The number of aryl methyl sites for hydroxylation is 1. The molecule has 2 amide bonds. The molecule has 2 fully saturated rings. The number of piperidine rings is 1. The Labute approximate surface area is 286 Å². The first kappa shape index (κ1) is 37.5. The van der Waals surface area contributed by atoms with Gasteiger partial charge in [-0.05, 0) is 90.3 Å². The van der Waals surface area contributed by atoms with Gasteiger partial charge in [-0.2, -0.15) is 0 Å². The third-order valence-electron chi connectivity index (χ3n) is 10.0. The summed E-state index contributed by atoms with van der Waals surface area (Å²) in [6.07, 6.45) is 5.86. The van der Waals surface area contributed by atoms with Crippen LogP contribution in [0.1, 0.15) is 82.0 Å². The maximum absolute atomic E-state index is 14.2. The van der Waals surface area contributed by atoms with Crippen molar-refractivity contribution in [3.05, 3.63) is 57.8 Å². The van der Waals surface area contributed by atoms with E-state index in [2.05, 4.69) is 20.9 Å². The van der Waals surface area contributed by atoms with E-state index in [0.717, 1.165) is 47.4 Å². The summed E-state index contributed by atoms with van der Waals surface area (Å²) in [4.78, 5) is 32.0. The Morgan fingerprint density at radius 2 is 1.68 bits per heavy atom. The molecule has 262 valence electrons. The molecule has 47 heavy (non-hydrogen) atoms. The number of β-amino-alcohol motifs (C(OH)–C–C–N with tert-alkyl or cyclic N) is 1. The number of hydrogen-bond acceptors (Lipinski definition) is 8. The molecule has 4 rings (SSSR count). The lowest BCUT2D eigenvalue weighted by molar-refractivity contribution is -0.133. The van der Waals surface area contributed by atoms with Crippen LogP contribution in [0.15, 0.2) is 42.5 Å². The van der Waals surface area contributed by atoms with Crippen LogP contribution in [0, 0.1) is 18.8 Å². The lowest BCUT2D eigenvalue weighted by Crippen LogP contribution is -2.63. The van der Waals surface area contributed by atoms with Crippen molar-refractivity contribution in [1.82, 2.24) is 20.9 Å². The fraction of sp³-hybridized carbons (Fsp3) is 0.667. The van der Waals surface area contributed by atoms with Gasteiger partial charge in [0.2, 0.25) is 11.8 Å². The number of carbonyl (C=O) groups is 2. The molecular formula is C36H56N4O5S2. The van der Waals surface area contributed by atoms with Gasteiger partial charge in [0.15, 0.2) is 9.84 Å². The summed E-state index contributed by atoms with van der Waals surface area (Å²) in [5.41, 5.74) is 0.552. The molecule has 2 aromatic rings. The van der Waals surface area contributed by atoms with E-state index in [4.69, 9.17) is 0 Å². The lowest BCUT2D eigenvalue weighted by atomic mass is 9.72. The number of aliphatic hydroxyl groups is 1. The minimum atomic E-state index is -3.66. The maximum Gasteiger partial charge on any atom is 0.239 e. The predicted molar refractivity (Wildman–Crippen MR) is 190 cm³/mol. The van der Waals surface area contributed by atoms with Crippen molar-refractivity contribution in [2.24, 2.45) is 11.8 Å². The molecule has 11 heteroatoms. The number of hydrogen-bond donors (Lipinski definition) is 4. The number of sulfone groups is 1. The summed E-state index contributed by atoms with van der Waals surface area (Å²) in [6.45, 7) is 12.3. The summed E-state index contributed by atoms with van der Waals surface area (Å²) in [6, 6.07) is 11.5. The number of rotatable bonds is 13. The highest BCUT2D eigenvalue weighted by atomic mass is 32.2. The number of likely N-dealkylation sites (tertiary alicyclic amines) is 1. The van der Waals surface area contributed by atoms with Crippen LogP contribution < -0.4 is 16.0 Å². The van der Waals surface area contributed by atoms with E-state index in [1.807, 2.05) is 70.2 Å². The van der Waals surface area contributed by atoms with Gasteiger partial charge in [-0.15, -0.1) is 11.3 Å². The minimum absolute atomic E-state index is 0.0275.